The van der Waals surface area contributed by atoms with Gasteiger partial charge in [0.1, 0.15) is 6.61 Å². The predicted octanol–water partition coefficient (Wildman–Crippen LogP) is 1.60. The molecule has 1 heterocycles. The first-order valence-corrected chi connectivity index (χ1v) is 3.32. The molecule has 1 aliphatic heterocycles. The summed E-state index contributed by atoms with van der Waals surface area (Å²) in [6.07, 6.45) is 2.32. The summed E-state index contributed by atoms with van der Waals surface area (Å²) >= 11 is 3.35. The Balaban J connectivity index is 2.12. The Morgan fingerprint density at radius 3 is 2.86 bits per heavy atom. The van der Waals surface area contributed by atoms with Gasteiger partial charge in [-0.15, -0.1) is 0 Å². The van der Waals surface area contributed by atoms with Crippen molar-refractivity contribution in [3.63, 3.8) is 0 Å². The Bertz CT molecular complexity index is 50.0. The summed E-state index contributed by atoms with van der Waals surface area (Å²) in [6, 6.07) is 0. The zero-order chi connectivity index (χ0) is 5.11. The van der Waals surface area contributed by atoms with Crippen LogP contribution in [0, 0.1) is 6.61 Å². The van der Waals surface area contributed by atoms with Gasteiger partial charge in [-0.25, -0.2) is 0 Å². The SMILES string of the molecule is BrC1[C]OCCC1. The fourth-order valence-corrected chi connectivity index (χ4v) is 0.999. The van der Waals surface area contributed by atoms with Crippen molar-refractivity contribution in [2.24, 2.45) is 0 Å². The van der Waals surface area contributed by atoms with Gasteiger partial charge in [0.15, 0.2) is 0 Å². The normalized spacial score (nSPS) is 33.0. The summed E-state index contributed by atoms with van der Waals surface area (Å²) in [5, 5.41) is 0. The maximum absolute atomic E-state index is 4.88. The smallest absolute Gasteiger partial charge is 0.146 e. The maximum Gasteiger partial charge on any atom is 0.146 e. The molecule has 2 radical (unpaired) electrons. The van der Waals surface area contributed by atoms with Crippen LogP contribution in [0.5, 0.6) is 0 Å². The zero-order valence-corrected chi connectivity index (χ0v) is 5.57. The molecule has 1 atom stereocenters. The Labute approximate surface area is 52.2 Å². The minimum absolute atomic E-state index is 0.376. The molecule has 0 aromatic rings. The molecule has 2 heteroatoms. The summed E-state index contributed by atoms with van der Waals surface area (Å²) in [5.41, 5.74) is 0. The molecule has 1 nitrogen and oxygen atoms in total. The van der Waals surface area contributed by atoms with Crippen molar-refractivity contribution in [3.05, 3.63) is 6.61 Å². The van der Waals surface area contributed by atoms with Gasteiger partial charge in [0.25, 0.3) is 0 Å². The highest BCUT2D eigenvalue weighted by Crippen LogP contribution is 2.16. The predicted molar refractivity (Wildman–Crippen MR) is 31.1 cm³/mol. The van der Waals surface area contributed by atoms with Crippen molar-refractivity contribution in [2.75, 3.05) is 6.61 Å². The van der Waals surface area contributed by atoms with Gasteiger partial charge >= 0.3 is 0 Å². The van der Waals surface area contributed by atoms with Crippen molar-refractivity contribution in [1.82, 2.24) is 0 Å². The highest BCUT2D eigenvalue weighted by atomic mass is 79.9. The first-order valence-electron chi connectivity index (χ1n) is 2.41. The molecule has 0 bridgehead atoms. The molecule has 0 aromatic carbocycles. The van der Waals surface area contributed by atoms with Gasteiger partial charge in [0, 0.05) is 11.4 Å². The van der Waals surface area contributed by atoms with Crippen molar-refractivity contribution < 1.29 is 4.74 Å². The molecule has 1 unspecified atom stereocenters. The van der Waals surface area contributed by atoms with Crippen molar-refractivity contribution >= 4 is 15.9 Å². The van der Waals surface area contributed by atoms with E-state index in [0.29, 0.717) is 4.83 Å². The van der Waals surface area contributed by atoms with Gasteiger partial charge in [-0.3, -0.25) is 0 Å². The molecule has 0 amide bonds. The molecular weight excluding hydrogens is 156 g/mol. The van der Waals surface area contributed by atoms with Crippen LogP contribution in [0.15, 0.2) is 0 Å². The van der Waals surface area contributed by atoms with E-state index in [1.165, 1.54) is 6.42 Å². The molecule has 7 heavy (non-hydrogen) atoms. The minimum atomic E-state index is 0.376. The third kappa shape index (κ3) is 1.78. The van der Waals surface area contributed by atoms with Crippen LogP contribution < -0.4 is 0 Å². The van der Waals surface area contributed by atoms with E-state index >= 15 is 0 Å². The van der Waals surface area contributed by atoms with Crippen LogP contribution in [-0.4, -0.2) is 11.4 Å². The maximum atomic E-state index is 4.88. The van der Waals surface area contributed by atoms with E-state index < -0.39 is 0 Å². The van der Waals surface area contributed by atoms with E-state index in [4.69, 9.17) is 4.74 Å². The van der Waals surface area contributed by atoms with Crippen LogP contribution in [0.4, 0.5) is 0 Å². The monoisotopic (exact) mass is 162 g/mol. The number of alkyl halides is 1. The molecule has 0 aliphatic carbocycles. The fourth-order valence-electron chi connectivity index (χ4n) is 0.543. The third-order valence-electron chi connectivity index (χ3n) is 0.915. The van der Waals surface area contributed by atoms with E-state index in [1.807, 2.05) is 0 Å². The molecule has 0 spiro atoms. The van der Waals surface area contributed by atoms with Gasteiger partial charge in [-0.2, -0.15) is 0 Å². The summed E-state index contributed by atoms with van der Waals surface area (Å²) in [7, 11) is 0. The Morgan fingerprint density at radius 2 is 2.57 bits per heavy atom. The highest BCUT2D eigenvalue weighted by Gasteiger charge is 2.09. The number of ether oxygens (including phenoxy) is 1. The zero-order valence-electron chi connectivity index (χ0n) is 3.98. The third-order valence-corrected chi connectivity index (χ3v) is 1.56. The van der Waals surface area contributed by atoms with Crippen LogP contribution in [0.1, 0.15) is 12.8 Å². The molecule has 0 saturated carbocycles. The quantitative estimate of drug-likeness (QED) is 0.493. The summed E-state index contributed by atoms with van der Waals surface area (Å²) in [5.74, 6) is 0. The molecule has 1 aliphatic rings. The van der Waals surface area contributed by atoms with Crippen LogP contribution >= 0.6 is 15.9 Å². The molecule has 1 fully saturated rings. The van der Waals surface area contributed by atoms with Crippen LogP contribution in [0.25, 0.3) is 0 Å². The van der Waals surface area contributed by atoms with Crippen LogP contribution in [-0.2, 0) is 4.74 Å². The Hall–Kier alpha value is 0.440. The van der Waals surface area contributed by atoms with Crippen LogP contribution in [0.3, 0.4) is 0 Å². The standard InChI is InChI=1S/C5H7BrO/c6-5-2-1-3-7-4-5/h5H,1-3H2. The second-order valence-corrected chi connectivity index (χ2v) is 2.68. The van der Waals surface area contributed by atoms with E-state index in [0.717, 1.165) is 13.0 Å². The summed E-state index contributed by atoms with van der Waals surface area (Å²) < 4.78 is 4.88. The largest absolute Gasteiger partial charge is 0.367 e. The van der Waals surface area contributed by atoms with E-state index in [-0.39, 0.29) is 0 Å². The van der Waals surface area contributed by atoms with Crippen LogP contribution in [0.2, 0.25) is 0 Å². The molecule has 1 rings (SSSR count). The van der Waals surface area contributed by atoms with E-state index in [9.17, 15) is 0 Å². The summed E-state index contributed by atoms with van der Waals surface area (Å²) in [4.78, 5) is 0.376. The van der Waals surface area contributed by atoms with Crippen molar-refractivity contribution in [2.45, 2.75) is 17.7 Å². The second kappa shape index (κ2) is 2.68. The average molecular weight is 163 g/mol. The molecule has 1 saturated heterocycles. The lowest BCUT2D eigenvalue weighted by atomic mass is 10.2. The number of rotatable bonds is 0. The number of hydrogen-bond donors (Lipinski definition) is 0. The molecule has 0 aromatic heterocycles. The first kappa shape index (κ1) is 5.57. The van der Waals surface area contributed by atoms with E-state index in [2.05, 4.69) is 22.5 Å². The highest BCUT2D eigenvalue weighted by molar-refractivity contribution is 9.09. The van der Waals surface area contributed by atoms with Crippen molar-refractivity contribution in [1.29, 1.82) is 0 Å². The number of halogens is 1. The van der Waals surface area contributed by atoms with Gasteiger partial charge in [0.05, 0.1) is 0 Å². The average Bonchev–Trinajstić information content (AvgIpc) is 1.69. The summed E-state index contributed by atoms with van der Waals surface area (Å²) in [6.45, 7) is 3.65. The lowest BCUT2D eigenvalue weighted by Crippen LogP contribution is -2.10. The first-order chi connectivity index (χ1) is 3.39. The lowest BCUT2D eigenvalue weighted by molar-refractivity contribution is 0.161. The molecule has 40 valence electrons. The number of hydrogen-bond acceptors (Lipinski definition) is 1. The second-order valence-electron chi connectivity index (χ2n) is 1.58. The molecular formula is C5H7BrO. The topological polar surface area (TPSA) is 9.23 Å². The Morgan fingerprint density at radius 1 is 1.71 bits per heavy atom. The molecule has 0 N–H and O–H groups in total. The Kier molecular flexibility index (Phi) is 2.13. The van der Waals surface area contributed by atoms with E-state index in [1.54, 1.807) is 0 Å². The van der Waals surface area contributed by atoms with Gasteiger partial charge in [-0.1, -0.05) is 15.9 Å². The fraction of sp³-hybridized carbons (Fsp3) is 0.800. The lowest BCUT2D eigenvalue weighted by Gasteiger charge is -2.13. The van der Waals surface area contributed by atoms with Gasteiger partial charge in [-0.05, 0) is 12.8 Å². The van der Waals surface area contributed by atoms with Gasteiger partial charge in [0.2, 0.25) is 0 Å². The minimum Gasteiger partial charge on any atom is -0.367 e. The van der Waals surface area contributed by atoms with Gasteiger partial charge < -0.3 is 4.74 Å². The van der Waals surface area contributed by atoms with Crippen molar-refractivity contribution in [3.8, 4) is 0 Å².